The van der Waals surface area contributed by atoms with Crippen molar-refractivity contribution in [2.75, 3.05) is 6.54 Å². The van der Waals surface area contributed by atoms with Gasteiger partial charge in [-0.2, -0.15) is 4.31 Å². The van der Waals surface area contributed by atoms with Gasteiger partial charge in [0.15, 0.2) is 0 Å². The van der Waals surface area contributed by atoms with Crippen LogP contribution in [0.5, 0.6) is 0 Å². The number of rotatable bonds is 5. The Labute approximate surface area is 133 Å². The van der Waals surface area contributed by atoms with Crippen LogP contribution in [0.4, 0.5) is 0 Å². The highest BCUT2D eigenvalue weighted by atomic mass is 35.5. The molecule has 3 nitrogen and oxygen atoms in total. The quantitative estimate of drug-likeness (QED) is 0.766. The molecule has 21 heavy (non-hydrogen) atoms. The zero-order chi connectivity index (χ0) is 15.6. The number of benzene rings is 1. The van der Waals surface area contributed by atoms with Crippen molar-refractivity contribution >= 4 is 21.6 Å². The van der Waals surface area contributed by atoms with Crippen LogP contribution in [0.3, 0.4) is 0 Å². The molecule has 118 valence electrons. The van der Waals surface area contributed by atoms with Crippen LogP contribution in [-0.4, -0.2) is 25.3 Å². The lowest BCUT2D eigenvalue weighted by molar-refractivity contribution is 0.335. The molecule has 1 fully saturated rings. The third kappa shape index (κ3) is 3.27. The van der Waals surface area contributed by atoms with Crippen LogP contribution in [-0.2, 0) is 15.9 Å². The third-order valence-corrected chi connectivity index (χ3v) is 6.87. The average molecular weight is 330 g/mol. The highest BCUT2D eigenvalue weighted by Gasteiger charge is 2.33. The number of hydrogen-bond acceptors (Lipinski definition) is 2. The van der Waals surface area contributed by atoms with Crippen LogP contribution in [0, 0.1) is 13.8 Å². The van der Waals surface area contributed by atoms with E-state index in [4.69, 9.17) is 11.6 Å². The van der Waals surface area contributed by atoms with E-state index in [0.717, 1.165) is 42.4 Å². The molecule has 1 aliphatic rings. The molecule has 0 heterocycles. The van der Waals surface area contributed by atoms with Gasteiger partial charge in [0.2, 0.25) is 10.0 Å². The van der Waals surface area contributed by atoms with Crippen LogP contribution >= 0.6 is 11.6 Å². The average Bonchev–Trinajstić information content (AvgIpc) is 2.92. The molecule has 0 atom stereocenters. The summed E-state index contributed by atoms with van der Waals surface area (Å²) in [5.41, 5.74) is 2.74. The van der Waals surface area contributed by atoms with Crippen LogP contribution in [0.2, 0.25) is 0 Å². The Kier molecular flexibility index (Phi) is 5.33. The first-order chi connectivity index (χ1) is 9.91. The summed E-state index contributed by atoms with van der Waals surface area (Å²) in [6, 6.07) is 3.83. The molecule has 1 aromatic rings. The molecule has 0 amide bonds. The summed E-state index contributed by atoms with van der Waals surface area (Å²) in [4.78, 5) is 0.414. The lowest BCUT2D eigenvalue weighted by Crippen LogP contribution is -2.38. The fourth-order valence-corrected chi connectivity index (χ4v) is 5.48. The molecule has 0 aromatic heterocycles. The normalized spacial score (nSPS) is 16.8. The maximum Gasteiger partial charge on any atom is 0.243 e. The molecule has 0 N–H and O–H groups in total. The van der Waals surface area contributed by atoms with Gasteiger partial charge in [0.1, 0.15) is 0 Å². The number of aryl methyl sites for hydroxylation is 2. The first-order valence-corrected chi connectivity index (χ1v) is 9.57. The summed E-state index contributed by atoms with van der Waals surface area (Å²) < 4.78 is 27.7. The molecular formula is C16H24ClNO2S. The van der Waals surface area contributed by atoms with Gasteiger partial charge in [-0.15, -0.1) is 11.6 Å². The Morgan fingerprint density at radius 2 is 1.81 bits per heavy atom. The van der Waals surface area contributed by atoms with Crippen LogP contribution in [0.15, 0.2) is 17.0 Å². The Hall–Kier alpha value is -0.580. The zero-order valence-electron chi connectivity index (χ0n) is 13.0. The summed E-state index contributed by atoms with van der Waals surface area (Å²) in [5, 5.41) is 0. The number of nitrogens with zero attached hydrogens (tertiary/aromatic N) is 1. The predicted octanol–water partition coefficient (Wildman–Crippen LogP) is 4.00. The van der Waals surface area contributed by atoms with Crippen molar-refractivity contribution in [2.24, 2.45) is 0 Å². The van der Waals surface area contributed by atoms with Gasteiger partial charge in [-0.3, -0.25) is 0 Å². The lowest BCUT2D eigenvalue weighted by Gasteiger charge is -2.27. The predicted molar refractivity (Wildman–Crippen MR) is 87.3 cm³/mol. The largest absolute Gasteiger partial charge is 0.243 e. The topological polar surface area (TPSA) is 37.4 Å². The molecule has 0 radical (unpaired) electrons. The third-order valence-electron chi connectivity index (χ3n) is 4.41. The van der Waals surface area contributed by atoms with E-state index >= 15 is 0 Å². The van der Waals surface area contributed by atoms with E-state index in [0.29, 0.717) is 17.3 Å². The standard InChI is InChI=1S/C16H24ClNO2S/c1-4-18(15-7-5-6-8-15)21(19,20)16-10-14(11-17)12(2)9-13(16)3/h9-10,15H,4-8,11H2,1-3H3. The zero-order valence-corrected chi connectivity index (χ0v) is 14.6. The summed E-state index contributed by atoms with van der Waals surface area (Å²) in [7, 11) is -3.44. The van der Waals surface area contributed by atoms with Crippen molar-refractivity contribution in [1.29, 1.82) is 0 Å². The minimum Gasteiger partial charge on any atom is -0.207 e. The smallest absolute Gasteiger partial charge is 0.207 e. The first kappa shape index (κ1) is 16.8. The molecule has 0 saturated heterocycles. The molecule has 0 spiro atoms. The van der Waals surface area contributed by atoms with Gasteiger partial charge in [0.25, 0.3) is 0 Å². The molecule has 0 bridgehead atoms. The molecule has 1 saturated carbocycles. The second-order valence-electron chi connectivity index (χ2n) is 5.82. The molecule has 1 aromatic carbocycles. The van der Waals surface area contributed by atoms with Gasteiger partial charge in [-0.1, -0.05) is 25.8 Å². The molecular weight excluding hydrogens is 306 g/mol. The Morgan fingerprint density at radius 3 is 2.33 bits per heavy atom. The van der Waals surface area contributed by atoms with Gasteiger partial charge < -0.3 is 0 Å². The van der Waals surface area contributed by atoms with E-state index in [-0.39, 0.29) is 6.04 Å². The number of alkyl halides is 1. The first-order valence-electron chi connectivity index (χ1n) is 7.59. The van der Waals surface area contributed by atoms with Crippen molar-refractivity contribution in [3.8, 4) is 0 Å². The van der Waals surface area contributed by atoms with Crippen LogP contribution in [0.25, 0.3) is 0 Å². The van der Waals surface area contributed by atoms with Gasteiger partial charge >= 0.3 is 0 Å². The second kappa shape index (κ2) is 6.67. The lowest BCUT2D eigenvalue weighted by atomic mass is 10.1. The second-order valence-corrected chi connectivity index (χ2v) is 7.95. The van der Waals surface area contributed by atoms with E-state index in [1.165, 1.54) is 0 Å². The van der Waals surface area contributed by atoms with Crippen LogP contribution in [0.1, 0.15) is 49.3 Å². The molecule has 2 rings (SSSR count). The van der Waals surface area contributed by atoms with E-state index < -0.39 is 10.0 Å². The van der Waals surface area contributed by atoms with E-state index in [1.807, 2.05) is 26.8 Å². The Bertz CT molecular complexity index is 607. The van der Waals surface area contributed by atoms with Crippen molar-refractivity contribution in [3.63, 3.8) is 0 Å². The van der Waals surface area contributed by atoms with Crippen molar-refractivity contribution in [3.05, 3.63) is 28.8 Å². The molecule has 0 aliphatic heterocycles. The van der Waals surface area contributed by atoms with Gasteiger partial charge in [0.05, 0.1) is 4.90 Å². The van der Waals surface area contributed by atoms with E-state index in [2.05, 4.69) is 0 Å². The highest BCUT2D eigenvalue weighted by molar-refractivity contribution is 7.89. The SMILES string of the molecule is CCN(C1CCCC1)S(=O)(=O)c1cc(CCl)c(C)cc1C. The van der Waals surface area contributed by atoms with Crippen molar-refractivity contribution < 1.29 is 8.42 Å². The van der Waals surface area contributed by atoms with Gasteiger partial charge in [-0.25, -0.2) is 8.42 Å². The maximum atomic E-state index is 13.0. The van der Waals surface area contributed by atoms with E-state index in [1.54, 1.807) is 10.4 Å². The monoisotopic (exact) mass is 329 g/mol. The number of sulfonamides is 1. The summed E-state index contributed by atoms with van der Waals surface area (Å²) in [6.45, 7) is 6.27. The van der Waals surface area contributed by atoms with Crippen molar-refractivity contribution in [2.45, 2.75) is 63.3 Å². The van der Waals surface area contributed by atoms with Gasteiger partial charge in [0, 0.05) is 18.5 Å². The number of hydrogen-bond donors (Lipinski definition) is 0. The van der Waals surface area contributed by atoms with E-state index in [9.17, 15) is 8.42 Å². The van der Waals surface area contributed by atoms with Crippen LogP contribution < -0.4 is 0 Å². The fourth-order valence-electron chi connectivity index (χ4n) is 3.24. The van der Waals surface area contributed by atoms with Gasteiger partial charge in [-0.05, 0) is 49.4 Å². The Morgan fingerprint density at radius 1 is 1.19 bits per heavy atom. The molecule has 5 heteroatoms. The fraction of sp³-hybridized carbons (Fsp3) is 0.625. The summed E-state index contributed by atoms with van der Waals surface area (Å²) in [6.07, 6.45) is 4.19. The number of halogens is 1. The highest BCUT2D eigenvalue weighted by Crippen LogP contribution is 2.31. The molecule has 0 unspecified atom stereocenters. The van der Waals surface area contributed by atoms with Crippen molar-refractivity contribution in [1.82, 2.24) is 4.31 Å². The maximum absolute atomic E-state index is 13.0. The summed E-state index contributed by atoms with van der Waals surface area (Å²) >= 11 is 5.94. The minimum absolute atomic E-state index is 0.153. The Balaban J connectivity index is 2.47. The summed E-state index contributed by atoms with van der Waals surface area (Å²) in [5.74, 6) is 0.337. The minimum atomic E-state index is -3.44. The molecule has 1 aliphatic carbocycles.